The lowest BCUT2D eigenvalue weighted by Crippen LogP contribution is -2.45. The molecule has 1 aliphatic rings. The lowest BCUT2D eigenvalue weighted by atomic mass is 9.94. The standard InChI is InChI=1S/C18H24N2O4S/c1-10(2)9-24-17(21)15-11(3)19-18(25)20-16(15)13-8-12(22-4)6-7-14(13)23-5/h6-8,10,16H,9H2,1-5H3,(H2,19,20,25)/t16-/m0/s1. The zero-order valence-electron chi connectivity index (χ0n) is 15.1. The molecule has 1 aromatic carbocycles. The Kier molecular flexibility index (Phi) is 6.25. The molecular formula is C18H24N2O4S. The Hall–Kier alpha value is -2.28. The SMILES string of the molecule is COc1ccc(OC)c([C@@H]2NC(=S)NC(C)=C2C(=O)OCC(C)C)c1. The number of esters is 1. The third-order valence-corrected chi connectivity index (χ3v) is 4.00. The molecule has 0 amide bonds. The molecule has 0 spiro atoms. The van der Waals surface area contributed by atoms with E-state index in [9.17, 15) is 4.79 Å². The predicted octanol–water partition coefficient (Wildman–Crippen LogP) is 2.70. The molecule has 0 aliphatic carbocycles. The number of benzene rings is 1. The number of carbonyl (C=O) groups excluding carboxylic acids is 1. The van der Waals surface area contributed by atoms with Crippen molar-refractivity contribution >= 4 is 23.3 Å². The number of ether oxygens (including phenoxy) is 3. The van der Waals surface area contributed by atoms with Crippen molar-refractivity contribution in [2.45, 2.75) is 26.8 Å². The molecular weight excluding hydrogens is 340 g/mol. The zero-order chi connectivity index (χ0) is 18.6. The molecule has 0 unspecified atom stereocenters. The van der Waals surface area contributed by atoms with Gasteiger partial charge in [0.2, 0.25) is 0 Å². The van der Waals surface area contributed by atoms with Gasteiger partial charge in [-0.25, -0.2) is 4.79 Å². The van der Waals surface area contributed by atoms with E-state index in [0.717, 1.165) is 5.56 Å². The molecule has 1 heterocycles. The van der Waals surface area contributed by atoms with E-state index >= 15 is 0 Å². The molecule has 1 aromatic rings. The average Bonchev–Trinajstić information content (AvgIpc) is 2.58. The number of rotatable bonds is 6. The summed E-state index contributed by atoms with van der Waals surface area (Å²) in [6, 6.07) is 4.94. The van der Waals surface area contributed by atoms with Crippen molar-refractivity contribution in [2.24, 2.45) is 5.92 Å². The summed E-state index contributed by atoms with van der Waals surface area (Å²) in [5.74, 6) is 1.16. The van der Waals surface area contributed by atoms with Crippen LogP contribution in [0.25, 0.3) is 0 Å². The molecule has 136 valence electrons. The second kappa shape index (κ2) is 8.20. The predicted molar refractivity (Wildman–Crippen MR) is 99.7 cm³/mol. The van der Waals surface area contributed by atoms with Crippen molar-refractivity contribution in [2.75, 3.05) is 20.8 Å². The van der Waals surface area contributed by atoms with E-state index in [1.807, 2.05) is 19.9 Å². The Morgan fingerprint density at radius 2 is 2.00 bits per heavy atom. The monoisotopic (exact) mass is 364 g/mol. The van der Waals surface area contributed by atoms with E-state index in [1.54, 1.807) is 33.3 Å². The van der Waals surface area contributed by atoms with Gasteiger partial charge in [-0.15, -0.1) is 0 Å². The van der Waals surface area contributed by atoms with Gasteiger partial charge in [-0.05, 0) is 43.3 Å². The Labute approximate surface area is 153 Å². The van der Waals surface area contributed by atoms with Gasteiger partial charge in [0.25, 0.3) is 0 Å². The van der Waals surface area contributed by atoms with E-state index in [4.69, 9.17) is 26.4 Å². The maximum absolute atomic E-state index is 12.7. The number of allylic oxidation sites excluding steroid dienone is 1. The Morgan fingerprint density at radius 3 is 2.60 bits per heavy atom. The van der Waals surface area contributed by atoms with Crippen molar-refractivity contribution in [1.82, 2.24) is 10.6 Å². The summed E-state index contributed by atoms with van der Waals surface area (Å²) < 4.78 is 16.2. The summed E-state index contributed by atoms with van der Waals surface area (Å²) in [6.45, 7) is 6.13. The zero-order valence-corrected chi connectivity index (χ0v) is 16.0. The van der Waals surface area contributed by atoms with Gasteiger partial charge in [0, 0.05) is 11.3 Å². The molecule has 6 nitrogen and oxygen atoms in total. The first kappa shape index (κ1) is 19.1. The maximum Gasteiger partial charge on any atom is 0.338 e. The van der Waals surface area contributed by atoms with Gasteiger partial charge in [0.15, 0.2) is 5.11 Å². The average molecular weight is 364 g/mol. The fourth-order valence-electron chi connectivity index (χ4n) is 2.58. The van der Waals surface area contributed by atoms with Crippen LogP contribution in [0.4, 0.5) is 0 Å². The second-order valence-electron chi connectivity index (χ2n) is 6.17. The summed E-state index contributed by atoms with van der Waals surface area (Å²) in [4.78, 5) is 12.7. The van der Waals surface area contributed by atoms with Gasteiger partial charge >= 0.3 is 5.97 Å². The first-order chi connectivity index (χ1) is 11.9. The van der Waals surface area contributed by atoms with Crippen molar-refractivity contribution in [3.63, 3.8) is 0 Å². The molecule has 7 heteroatoms. The highest BCUT2D eigenvalue weighted by Crippen LogP contribution is 2.35. The van der Waals surface area contributed by atoms with E-state index in [1.165, 1.54) is 0 Å². The third-order valence-electron chi connectivity index (χ3n) is 3.78. The van der Waals surface area contributed by atoms with Gasteiger partial charge < -0.3 is 24.8 Å². The molecule has 2 rings (SSSR count). The van der Waals surface area contributed by atoms with Crippen LogP contribution in [0.3, 0.4) is 0 Å². The van der Waals surface area contributed by atoms with Gasteiger partial charge in [0.05, 0.1) is 32.4 Å². The van der Waals surface area contributed by atoms with Crippen LogP contribution in [0.15, 0.2) is 29.5 Å². The molecule has 0 bridgehead atoms. The largest absolute Gasteiger partial charge is 0.497 e. The fraction of sp³-hybridized carbons (Fsp3) is 0.444. The summed E-state index contributed by atoms with van der Waals surface area (Å²) in [6.07, 6.45) is 0. The fourth-order valence-corrected chi connectivity index (χ4v) is 2.85. The van der Waals surface area contributed by atoms with Crippen molar-refractivity contribution < 1.29 is 19.0 Å². The highest BCUT2D eigenvalue weighted by atomic mass is 32.1. The van der Waals surface area contributed by atoms with Crippen LogP contribution in [-0.2, 0) is 9.53 Å². The number of nitrogens with one attached hydrogen (secondary N) is 2. The summed E-state index contributed by atoms with van der Waals surface area (Å²) in [5.41, 5.74) is 1.88. The minimum absolute atomic E-state index is 0.250. The molecule has 2 N–H and O–H groups in total. The van der Waals surface area contributed by atoms with Crippen molar-refractivity contribution in [3.05, 3.63) is 35.0 Å². The quantitative estimate of drug-likeness (QED) is 0.594. The number of thiocarbonyl (C=S) groups is 1. The highest BCUT2D eigenvalue weighted by molar-refractivity contribution is 7.80. The van der Waals surface area contributed by atoms with Gasteiger partial charge in [-0.1, -0.05) is 13.8 Å². The number of hydrogen-bond donors (Lipinski definition) is 2. The van der Waals surface area contributed by atoms with Crippen LogP contribution in [0.5, 0.6) is 11.5 Å². The van der Waals surface area contributed by atoms with Crippen molar-refractivity contribution in [3.8, 4) is 11.5 Å². The summed E-state index contributed by atoms with van der Waals surface area (Å²) >= 11 is 5.27. The second-order valence-corrected chi connectivity index (χ2v) is 6.58. The minimum atomic E-state index is -0.488. The molecule has 0 aromatic heterocycles. The van der Waals surface area contributed by atoms with Crippen LogP contribution in [0.1, 0.15) is 32.4 Å². The van der Waals surface area contributed by atoms with E-state index in [0.29, 0.717) is 34.5 Å². The highest BCUT2D eigenvalue weighted by Gasteiger charge is 2.33. The van der Waals surface area contributed by atoms with E-state index in [2.05, 4.69) is 10.6 Å². The van der Waals surface area contributed by atoms with Crippen molar-refractivity contribution in [1.29, 1.82) is 0 Å². The number of methoxy groups -OCH3 is 2. The van der Waals surface area contributed by atoms with Crippen LogP contribution < -0.4 is 20.1 Å². The maximum atomic E-state index is 12.7. The van der Waals surface area contributed by atoms with Crippen LogP contribution in [0.2, 0.25) is 0 Å². The first-order valence-electron chi connectivity index (χ1n) is 8.04. The van der Waals surface area contributed by atoms with Gasteiger partial charge in [0.1, 0.15) is 11.5 Å². The molecule has 0 fully saturated rings. The van der Waals surface area contributed by atoms with Gasteiger partial charge in [-0.3, -0.25) is 0 Å². The molecule has 0 saturated carbocycles. The lowest BCUT2D eigenvalue weighted by molar-refractivity contribution is -0.140. The minimum Gasteiger partial charge on any atom is -0.497 e. The molecule has 25 heavy (non-hydrogen) atoms. The third kappa shape index (κ3) is 4.42. The molecule has 1 aliphatic heterocycles. The summed E-state index contributed by atoms with van der Waals surface area (Å²) in [5, 5.41) is 6.56. The molecule has 0 radical (unpaired) electrons. The smallest absolute Gasteiger partial charge is 0.338 e. The lowest BCUT2D eigenvalue weighted by Gasteiger charge is -2.31. The first-order valence-corrected chi connectivity index (χ1v) is 8.45. The van der Waals surface area contributed by atoms with Crippen LogP contribution in [-0.4, -0.2) is 31.9 Å². The Balaban J connectivity index is 2.47. The van der Waals surface area contributed by atoms with Gasteiger partial charge in [-0.2, -0.15) is 0 Å². The molecule has 0 saturated heterocycles. The topological polar surface area (TPSA) is 68.8 Å². The van der Waals surface area contributed by atoms with E-state index in [-0.39, 0.29) is 11.9 Å². The number of carbonyl (C=O) groups is 1. The van der Waals surface area contributed by atoms with Crippen LogP contribution in [0, 0.1) is 5.92 Å². The van der Waals surface area contributed by atoms with Crippen LogP contribution >= 0.6 is 12.2 Å². The van der Waals surface area contributed by atoms with E-state index < -0.39 is 6.04 Å². The normalized spacial score (nSPS) is 17.0. The Morgan fingerprint density at radius 1 is 1.28 bits per heavy atom. The summed E-state index contributed by atoms with van der Waals surface area (Å²) in [7, 11) is 3.17. The Bertz CT molecular complexity index is 700. The number of hydrogen-bond acceptors (Lipinski definition) is 5. The molecule has 1 atom stereocenters.